The van der Waals surface area contributed by atoms with Crippen molar-refractivity contribution in [2.24, 2.45) is 0 Å². The molecule has 1 unspecified atom stereocenters. The third kappa shape index (κ3) is 3.44. The lowest BCUT2D eigenvalue weighted by atomic mass is 10.1. The Morgan fingerprint density at radius 1 is 1.12 bits per heavy atom. The van der Waals surface area contributed by atoms with Crippen LogP contribution in [0.1, 0.15) is 5.69 Å². The van der Waals surface area contributed by atoms with E-state index in [4.69, 9.17) is 4.52 Å². The van der Waals surface area contributed by atoms with Crippen LogP contribution < -0.4 is 0 Å². The van der Waals surface area contributed by atoms with E-state index >= 15 is 0 Å². The summed E-state index contributed by atoms with van der Waals surface area (Å²) in [6.45, 7) is 3.73. The van der Waals surface area contributed by atoms with Crippen LogP contribution in [-0.4, -0.2) is 59.4 Å². The zero-order chi connectivity index (χ0) is 17.2. The minimum atomic E-state index is 0.189. The minimum absolute atomic E-state index is 0.189. The van der Waals surface area contributed by atoms with Crippen molar-refractivity contribution in [2.45, 2.75) is 12.6 Å². The molecule has 5 nitrogen and oxygen atoms in total. The summed E-state index contributed by atoms with van der Waals surface area (Å²) in [7, 11) is 2.06. The summed E-state index contributed by atoms with van der Waals surface area (Å²) in [5.74, 6) is 0.800. The molecule has 1 aliphatic heterocycles. The molecule has 130 valence electrons. The van der Waals surface area contributed by atoms with Gasteiger partial charge >= 0.3 is 0 Å². The van der Waals surface area contributed by atoms with Gasteiger partial charge in [-0.05, 0) is 23.9 Å². The van der Waals surface area contributed by atoms with Crippen molar-refractivity contribution in [3.63, 3.8) is 0 Å². The van der Waals surface area contributed by atoms with Crippen LogP contribution in [0.25, 0.3) is 22.1 Å². The minimum Gasteiger partial charge on any atom is -0.395 e. The molecule has 1 saturated heterocycles. The molecular formula is C20H23N3O2. The van der Waals surface area contributed by atoms with Crippen LogP contribution in [0, 0.1) is 0 Å². The van der Waals surface area contributed by atoms with Gasteiger partial charge in [-0.15, -0.1) is 0 Å². The van der Waals surface area contributed by atoms with E-state index in [9.17, 15) is 5.11 Å². The van der Waals surface area contributed by atoms with Crippen LogP contribution in [0.3, 0.4) is 0 Å². The molecule has 0 aliphatic carbocycles. The van der Waals surface area contributed by atoms with Gasteiger partial charge in [0.2, 0.25) is 0 Å². The Kier molecular flexibility index (Phi) is 4.53. The van der Waals surface area contributed by atoms with Gasteiger partial charge in [-0.25, -0.2) is 0 Å². The first-order valence-corrected chi connectivity index (χ1v) is 8.71. The SMILES string of the molecule is CN1CCN(Cc2cc(-c3ccc4ccccc4c3)on2)CC1CO. The Morgan fingerprint density at radius 2 is 1.96 bits per heavy atom. The second-order valence-corrected chi connectivity index (χ2v) is 6.80. The van der Waals surface area contributed by atoms with E-state index in [0.717, 1.165) is 43.2 Å². The van der Waals surface area contributed by atoms with Crippen LogP contribution in [0.15, 0.2) is 53.1 Å². The molecule has 2 aromatic carbocycles. The zero-order valence-electron chi connectivity index (χ0n) is 14.4. The number of rotatable bonds is 4. The van der Waals surface area contributed by atoms with Crippen molar-refractivity contribution in [3.8, 4) is 11.3 Å². The highest BCUT2D eigenvalue weighted by Crippen LogP contribution is 2.25. The number of hydrogen-bond donors (Lipinski definition) is 1. The molecule has 0 amide bonds. The molecule has 1 atom stereocenters. The van der Waals surface area contributed by atoms with E-state index in [1.54, 1.807) is 0 Å². The van der Waals surface area contributed by atoms with Gasteiger partial charge in [0, 0.05) is 43.9 Å². The lowest BCUT2D eigenvalue weighted by Crippen LogP contribution is -2.52. The molecule has 4 rings (SSSR count). The van der Waals surface area contributed by atoms with Gasteiger partial charge in [0.25, 0.3) is 0 Å². The molecule has 1 aliphatic rings. The molecule has 1 aromatic heterocycles. The fourth-order valence-corrected chi connectivity index (χ4v) is 3.45. The van der Waals surface area contributed by atoms with Gasteiger partial charge in [-0.3, -0.25) is 9.80 Å². The Labute approximate surface area is 147 Å². The van der Waals surface area contributed by atoms with Gasteiger partial charge in [-0.2, -0.15) is 0 Å². The summed E-state index contributed by atoms with van der Waals surface area (Å²) in [6, 6.07) is 16.8. The molecule has 5 heteroatoms. The molecule has 0 bridgehead atoms. The van der Waals surface area contributed by atoms with E-state index < -0.39 is 0 Å². The van der Waals surface area contributed by atoms with Crippen LogP contribution >= 0.6 is 0 Å². The smallest absolute Gasteiger partial charge is 0.167 e. The van der Waals surface area contributed by atoms with E-state index in [1.165, 1.54) is 10.8 Å². The molecule has 0 radical (unpaired) electrons. The highest BCUT2D eigenvalue weighted by atomic mass is 16.5. The molecule has 0 spiro atoms. The second-order valence-electron chi connectivity index (χ2n) is 6.80. The van der Waals surface area contributed by atoms with Gasteiger partial charge in [-0.1, -0.05) is 41.6 Å². The van der Waals surface area contributed by atoms with E-state index in [0.29, 0.717) is 0 Å². The lowest BCUT2D eigenvalue weighted by Gasteiger charge is -2.38. The lowest BCUT2D eigenvalue weighted by molar-refractivity contribution is 0.0529. The number of fused-ring (bicyclic) bond motifs is 1. The van der Waals surface area contributed by atoms with Gasteiger partial charge in [0.05, 0.1) is 12.3 Å². The fraction of sp³-hybridized carbons (Fsp3) is 0.350. The average molecular weight is 337 g/mol. The Hall–Kier alpha value is -2.21. The largest absolute Gasteiger partial charge is 0.395 e. The average Bonchev–Trinajstić information content (AvgIpc) is 3.11. The summed E-state index contributed by atoms with van der Waals surface area (Å²) < 4.78 is 5.58. The van der Waals surface area contributed by atoms with Crippen molar-refractivity contribution in [2.75, 3.05) is 33.3 Å². The third-order valence-corrected chi connectivity index (χ3v) is 5.05. The Bertz CT molecular complexity index is 861. The molecule has 2 heterocycles. The first-order valence-electron chi connectivity index (χ1n) is 8.71. The van der Waals surface area contributed by atoms with E-state index in [1.807, 2.05) is 18.2 Å². The number of aliphatic hydroxyl groups is 1. The maximum absolute atomic E-state index is 9.48. The van der Waals surface area contributed by atoms with Crippen molar-refractivity contribution >= 4 is 10.8 Å². The van der Waals surface area contributed by atoms with Crippen molar-refractivity contribution in [1.29, 1.82) is 0 Å². The topological polar surface area (TPSA) is 52.7 Å². The van der Waals surface area contributed by atoms with Crippen LogP contribution in [0.4, 0.5) is 0 Å². The number of aliphatic hydroxyl groups excluding tert-OH is 1. The standard InChI is InChI=1S/C20H23N3O2/c1-22-8-9-23(13-19(22)14-24)12-18-11-20(25-21-18)17-7-6-15-4-2-3-5-16(15)10-17/h2-7,10-11,19,24H,8-9,12-14H2,1H3. The van der Waals surface area contributed by atoms with E-state index in [-0.39, 0.29) is 12.6 Å². The van der Waals surface area contributed by atoms with Crippen molar-refractivity contribution in [3.05, 3.63) is 54.2 Å². The zero-order valence-corrected chi connectivity index (χ0v) is 14.4. The normalized spacial score (nSPS) is 19.5. The van der Waals surface area contributed by atoms with Crippen molar-refractivity contribution < 1.29 is 9.63 Å². The summed E-state index contributed by atoms with van der Waals surface area (Å²) >= 11 is 0. The van der Waals surface area contributed by atoms with Gasteiger partial charge < -0.3 is 9.63 Å². The Balaban J connectivity index is 1.49. The highest BCUT2D eigenvalue weighted by Gasteiger charge is 2.24. The molecule has 1 N–H and O–H groups in total. The van der Waals surface area contributed by atoms with Crippen LogP contribution in [-0.2, 0) is 6.54 Å². The number of hydrogen-bond acceptors (Lipinski definition) is 5. The predicted molar refractivity (Wildman–Crippen MR) is 98.2 cm³/mol. The van der Waals surface area contributed by atoms with Gasteiger partial charge in [0.1, 0.15) is 0 Å². The first-order chi connectivity index (χ1) is 12.2. The highest BCUT2D eigenvalue weighted by molar-refractivity contribution is 5.86. The molecule has 3 aromatic rings. The molecule has 25 heavy (non-hydrogen) atoms. The summed E-state index contributed by atoms with van der Waals surface area (Å²) in [6.07, 6.45) is 0. The molecule has 1 fully saturated rings. The number of nitrogens with zero attached hydrogens (tertiary/aromatic N) is 3. The summed E-state index contributed by atoms with van der Waals surface area (Å²) in [4.78, 5) is 4.53. The summed E-state index contributed by atoms with van der Waals surface area (Å²) in [5.41, 5.74) is 1.98. The van der Waals surface area contributed by atoms with Gasteiger partial charge in [0.15, 0.2) is 5.76 Å². The fourth-order valence-electron chi connectivity index (χ4n) is 3.45. The Morgan fingerprint density at radius 3 is 2.80 bits per heavy atom. The summed E-state index contributed by atoms with van der Waals surface area (Å²) in [5, 5.41) is 16.1. The quantitative estimate of drug-likeness (QED) is 0.793. The molecular weight excluding hydrogens is 314 g/mol. The van der Waals surface area contributed by atoms with Crippen molar-refractivity contribution in [1.82, 2.24) is 15.0 Å². The first kappa shape index (κ1) is 16.3. The van der Waals surface area contributed by atoms with Crippen LogP contribution in [0.2, 0.25) is 0 Å². The second kappa shape index (κ2) is 6.96. The van der Waals surface area contributed by atoms with E-state index in [2.05, 4.69) is 52.3 Å². The predicted octanol–water partition coefficient (Wildman–Crippen LogP) is 2.60. The number of aromatic nitrogens is 1. The monoisotopic (exact) mass is 337 g/mol. The number of benzene rings is 2. The van der Waals surface area contributed by atoms with Crippen LogP contribution in [0.5, 0.6) is 0 Å². The molecule has 0 saturated carbocycles. The maximum atomic E-state index is 9.48. The number of likely N-dealkylation sites (N-methyl/N-ethyl adjacent to an activating group) is 1. The third-order valence-electron chi connectivity index (χ3n) is 5.05. The number of piperazine rings is 1. The maximum Gasteiger partial charge on any atom is 0.167 e.